The summed E-state index contributed by atoms with van der Waals surface area (Å²) in [4.78, 5) is 6.28. The van der Waals surface area contributed by atoms with Crippen molar-refractivity contribution in [1.82, 2.24) is 4.90 Å². The maximum atomic E-state index is 5.88. The quantitative estimate of drug-likeness (QED) is 0.456. The van der Waals surface area contributed by atoms with Crippen LogP contribution in [0.4, 0.5) is 0 Å². The van der Waals surface area contributed by atoms with Gasteiger partial charge in [-0.2, -0.15) is 0 Å². The number of nitrogens with zero attached hydrogens (tertiary/aromatic N) is 2. The van der Waals surface area contributed by atoms with Gasteiger partial charge in [0.05, 0.1) is 18.8 Å². The lowest BCUT2D eigenvalue weighted by Crippen LogP contribution is -2.56. The molecule has 1 saturated heterocycles. The first-order valence-electron chi connectivity index (χ1n) is 5.43. The molecule has 4 nitrogen and oxygen atoms in total. The van der Waals surface area contributed by atoms with E-state index in [0.29, 0.717) is 18.1 Å². The van der Waals surface area contributed by atoms with Crippen molar-refractivity contribution in [3.8, 4) is 0 Å². The zero-order chi connectivity index (χ0) is 9.97. The lowest BCUT2D eigenvalue weighted by Gasteiger charge is -2.44. The van der Waals surface area contributed by atoms with Gasteiger partial charge in [0.25, 0.3) is 0 Å². The molecule has 1 aliphatic heterocycles. The highest BCUT2D eigenvalue weighted by molar-refractivity contribution is 5.78. The minimum atomic E-state index is 0.387. The zero-order valence-corrected chi connectivity index (χ0v) is 8.78. The van der Waals surface area contributed by atoms with Gasteiger partial charge in [0.15, 0.2) is 5.96 Å². The topological polar surface area (TPSA) is 50.8 Å². The third kappa shape index (κ3) is 1.71. The minimum absolute atomic E-state index is 0.387. The van der Waals surface area contributed by atoms with E-state index >= 15 is 0 Å². The molecule has 0 aromatic heterocycles. The maximum Gasteiger partial charge on any atom is 0.191 e. The van der Waals surface area contributed by atoms with Crippen molar-refractivity contribution >= 4 is 5.96 Å². The molecule has 14 heavy (non-hydrogen) atoms. The van der Waals surface area contributed by atoms with Crippen LogP contribution in [0.25, 0.3) is 0 Å². The van der Waals surface area contributed by atoms with Crippen molar-refractivity contribution in [3.63, 3.8) is 0 Å². The highest BCUT2D eigenvalue weighted by Crippen LogP contribution is 2.27. The predicted molar refractivity (Wildman–Crippen MR) is 56.2 cm³/mol. The molecule has 0 aromatic rings. The molecule has 0 bridgehead atoms. The largest absolute Gasteiger partial charge is 0.374 e. The standard InChI is InChI=1S/C10H19N3O/c1-12-10(11)13-6-7-14-9-5-3-2-4-8(9)13/h8-9H,2-7H2,1H3,(H2,11,12). The van der Waals surface area contributed by atoms with Crippen LogP contribution in [0.15, 0.2) is 4.99 Å². The van der Waals surface area contributed by atoms with Crippen LogP contribution >= 0.6 is 0 Å². The number of ether oxygens (including phenoxy) is 1. The fourth-order valence-electron chi connectivity index (χ4n) is 2.51. The van der Waals surface area contributed by atoms with Crippen LogP contribution in [0.3, 0.4) is 0 Å². The van der Waals surface area contributed by atoms with Gasteiger partial charge in [-0.1, -0.05) is 12.8 Å². The third-order valence-electron chi connectivity index (χ3n) is 3.26. The summed E-state index contributed by atoms with van der Waals surface area (Å²) in [6, 6.07) is 0.473. The highest BCUT2D eigenvalue weighted by atomic mass is 16.5. The van der Waals surface area contributed by atoms with Crippen molar-refractivity contribution in [2.45, 2.75) is 37.8 Å². The number of aliphatic imine (C=N–C) groups is 1. The van der Waals surface area contributed by atoms with Crippen LogP contribution in [-0.4, -0.2) is 43.2 Å². The van der Waals surface area contributed by atoms with Gasteiger partial charge in [0, 0.05) is 13.6 Å². The van der Waals surface area contributed by atoms with Crippen LogP contribution in [0.2, 0.25) is 0 Å². The van der Waals surface area contributed by atoms with Crippen molar-refractivity contribution in [3.05, 3.63) is 0 Å². The second kappa shape index (κ2) is 4.17. The minimum Gasteiger partial charge on any atom is -0.374 e. The second-order valence-corrected chi connectivity index (χ2v) is 4.04. The van der Waals surface area contributed by atoms with E-state index in [9.17, 15) is 0 Å². The normalized spacial score (nSPS) is 34.1. The first-order valence-corrected chi connectivity index (χ1v) is 5.43. The molecule has 2 atom stereocenters. The molecule has 80 valence electrons. The Morgan fingerprint density at radius 3 is 3.00 bits per heavy atom. The molecule has 2 rings (SSSR count). The molecule has 2 aliphatic rings. The van der Waals surface area contributed by atoms with E-state index in [0.717, 1.165) is 13.2 Å². The van der Waals surface area contributed by atoms with E-state index in [1.165, 1.54) is 25.7 Å². The van der Waals surface area contributed by atoms with Crippen LogP contribution in [0.1, 0.15) is 25.7 Å². The molecule has 2 fully saturated rings. The molecular weight excluding hydrogens is 178 g/mol. The number of hydrogen-bond donors (Lipinski definition) is 1. The van der Waals surface area contributed by atoms with Gasteiger partial charge in [-0.15, -0.1) is 0 Å². The number of hydrogen-bond acceptors (Lipinski definition) is 2. The van der Waals surface area contributed by atoms with Gasteiger partial charge in [0.2, 0.25) is 0 Å². The molecule has 2 unspecified atom stereocenters. The summed E-state index contributed by atoms with van der Waals surface area (Å²) < 4.78 is 5.75. The Morgan fingerprint density at radius 2 is 2.21 bits per heavy atom. The van der Waals surface area contributed by atoms with Crippen LogP contribution in [-0.2, 0) is 4.74 Å². The number of rotatable bonds is 0. The summed E-state index contributed by atoms with van der Waals surface area (Å²) in [7, 11) is 1.75. The third-order valence-corrected chi connectivity index (χ3v) is 3.26. The Labute approximate surface area is 85.1 Å². The fourth-order valence-corrected chi connectivity index (χ4v) is 2.51. The van der Waals surface area contributed by atoms with Gasteiger partial charge in [0.1, 0.15) is 0 Å². The van der Waals surface area contributed by atoms with Crippen LogP contribution in [0.5, 0.6) is 0 Å². The summed E-state index contributed by atoms with van der Waals surface area (Å²) in [5.41, 5.74) is 5.88. The summed E-state index contributed by atoms with van der Waals surface area (Å²) in [5, 5.41) is 0. The SMILES string of the molecule is CN=C(N)N1CCOC2CCCCC21. The second-order valence-electron chi connectivity index (χ2n) is 4.04. The van der Waals surface area contributed by atoms with Crippen molar-refractivity contribution in [2.24, 2.45) is 10.7 Å². The first kappa shape index (κ1) is 9.77. The van der Waals surface area contributed by atoms with Crippen LogP contribution < -0.4 is 5.73 Å². The summed E-state index contributed by atoms with van der Waals surface area (Å²) in [6.07, 6.45) is 5.34. The molecule has 1 heterocycles. The average molecular weight is 197 g/mol. The Hall–Kier alpha value is -0.770. The lowest BCUT2D eigenvalue weighted by atomic mass is 9.90. The smallest absolute Gasteiger partial charge is 0.191 e. The number of guanidine groups is 1. The van der Waals surface area contributed by atoms with Gasteiger partial charge < -0.3 is 15.4 Å². The number of morpholine rings is 1. The Kier molecular flexibility index (Phi) is 2.91. The molecule has 0 spiro atoms. The van der Waals surface area contributed by atoms with Gasteiger partial charge in [-0.25, -0.2) is 0 Å². The molecule has 4 heteroatoms. The van der Waals surface area contributed by atoms with Gasteiger partial charge in [-0.3, -0.25) is 4.99 Å². The summed E-state index contributed by atoms with van der Waals surface area (Å²) in [5.74, 6) is 0.671. The molecular formula is C10H19N3O. The lowest BCUT2D eigenvalue weighted by molar-refractivity contribution is -0.0640. The maximum absolute atomic E-state index is 5.88. The molecule has 2 N–H and O–H groups in total. The van der Waals surface area contributed by atoms with Crippen molar-refractivity contribution in [1.29, 1.82) is 0 Å². The van der Waals surface area contributed by atoms with E-state index in [4.69, 9.17) is 10.5 Å². The Morgan fingerprint density at radius 1 is 1.43 bits per heavy atom. The average Bonchev–Trinajstić information content (AvgIpc) is 2.27. The molecule has 0 aromatic carbocycles. The number of fused-ring (bicyclic) bond motifs is 1. The van der Waals surface area contributed by atoms with E-state index in [2.05, 4.69) is 9.89 Å². The monoisotopic (exact) mass is 197 g/mol. The van der Waals surface area contributed by atoms with E-state index in [-0.39, 0.29) is 0 Å². The summed E-state index contributed by atoms with van der Waals surface area (Å²) >= 11 is 0. The summed E-state index contributed by atoms with van der Waals surface area (Å²) in [6.45, 7) is 1.68. The molecule has 0 amide bonds. The number of nitrogens with two attached hydrogens (primary N) is 1. The van der Waals surface area contributed by atoms with Crippen LogP contribution in [0, 0.1) is 0 Å². The van der Waals surface area contributed by atoms with E-state index < -0.39 is 0 Å². The van der Waals surface area contributed by atoms with Gasteiger partial charge in [-0.05, 0) is 12.8 Å². The van der Waals surface area contributed by atoms with Gasteiger partial charge >= 0.3 is 0 Å². The van der Waals surface area contributed by atoms with E-state index in [1.807, 2.05) is 0 Å². The zero-order valence-electron chi connectivity index (χ0n) is 8.78. The molecule has 1 aliphatic carbocycles. The molecule has 1 saturated carbocycles. The Balaban J connectivity index is 2.08. The fraction of sp³-hybridized carbons (Fsp3) is 0.900. The Bertz CT molecular complexity index is 227. The molecule has 0 radical (unpaired) electrons. The highest BCUT2D eigenvalue weighted by Gasteiger charge is 2.34. The van der Waals surface area contributed by atoms with Crippen molar-refractivity contribution < 1.29 is 4.74 Å². The first-order chi connectivity index (χ1) is 6.83. The van der Waals surface area contributed by atoms with E-state index in [1.54, 1.807) is 7.05 Å². The van der Waals surface area contributed by atoms with Crippen molar-refractivity contribution in [2.75, 3.05) is 20.2 Å². The predicted octanol–water partition coefficient (Wildman–Crippen LogP) is 0.574.